The van der Waals surface area contributed by atoms with Crippen LogP contribution in [0.5, 0.6) is 11.8 Å². The molecule has 0 aliphatic carbocycles. The Morgan fingerprint density at radius 3 is 2.70 bits per heavy atom. The number of carbonyl (C=O) groups is 1. The molecule has 1 amide bonds. The summed E-state index contributed by atoms with van der Waals surface area (Å²) in [6.45, 7) is 14.7. The lowest BCUT2D eigenvalue weighted by Gasteiger charge is -2.39. The number of fused-ring (bicyclic) bond motifs is 2. The maximum Gasteiger partial charge on any atom is 0.319 e. The van der Waals surface area contributed by atoms with E-state index in [9.17, 15) is 14.3 Å². The molecule has 226 valence electrons. The number of amides is 1. The smallest absolute Gasteiger partial charge is 0.319 e. The fraction of sp³-hybridized carbons (Fsp3) is 0.364. The van der Waals surface area contributed by atoms with E-state index in [4.69, 9.17) is 21.3 Å². The molecule has 4 heterocycles. The van der Waals surface area contributed by atoms with Crippen molar-refractivity contribution in [3.8, 4) is 23.0 Å². The number of carbonyl (C=O) groups excluding carboxylic acids is 1. The number of aromatic hydroxyl groups is 1. The summed E-state index contributed by atoms with van der Waals surface area (Å²) in [5.74, 6) is -1.50. The summed E-state index contributed by atoms with van der Waals surface area (Å²) >= 11 is 0. The average Bonchev–Trinajstić information content (AvgIpc) is 3.44. The number of nitrogens with zero attached hydrogens (tertiary/aromatic N) is 7. The monoisotopic (exact) mass is 595 g/mol. The minimum Gasteiger partial charge on any atom is -0.504 e. The lowest BCUT2D eigenvalue weighted by atomic mass is 9.97. The van der Waals surface area contributed by atoms with Crippen molar-refractivity contribution in [2.75, 3.05) is 51.3 Å². The summed E-state index contributed by atoms with van der Waals surface area (Å²) in [6.07, 6.45) is 3.74. The summed E-state index contributed by atoms with van der Waals surface area (Å²) in [5, 5.41) is 14.3. The number of hydrogen-bond acceptors (Lipinski definition) is 8. The molecule has 2 aliphatic heterocycles. The highest BCUT2D eigenvalue weighted by Gasteiger charge is 2.35. The second kappa shape index (κ2) is 12.1. The normalized spacial score (nSPS) is 19.0. The minimum absolute atomic E-state index is 0.00993. The molecule has 0 saturated carbocycles. The molecule has 0 unspecified atom stereocenters. The van der Waals surface area contributed by atoms with Crippen molar-refractivity contribution in [2.45, 2.75) is 31.8 Å². The van der Waals surface area contributed by atoms with Gasteiger partial charge in [-0.2, -0.15) is 9.97 Å². The van der Waals surface area contributed by atoms with Crippen LogP contribution in [0.1, 0.15) is 18.4 Å². The van der Waals surface area contributed by atoms with Gasteiger partial charge in [0.05, 0.1) is 5.39 Å². The second-order valence-electron chi connectivity index (χ2n) is 11.5. The third kappa shape index (κ3) is 5.37. The van der Waals surface area contributed by atoms with Gasteiger partial charge < -0.3 is 29.4 Å². The number of hydrogen-bond donors (Lipinski definition) is 1. The zero-order chi connectivity index (χ0) is 31.0. The molecule has 2 atom stereocenters. The number of anilines is 1. The molecule has 1 N–H and O–H groups in total. The third-order valence-corrected chi connectivity index (χ3v) is 8.70. The quantitative estimate of drug-likeness (QED) is 0.242. The molecular formula is C33H34FN7O3. The van der Waals surface area contributed by atoms with Gasteiger partial charge in [-0.05, 0) is 49.7 Å². The Kier molecular flexibility index (Phi) is 8.01. The number of piperazine rings is 1. The lowest BCUT2D eigenvalue weighted by molar-refractivity contribution is -0.131. The Hall–Kier alpha value is -4.82. The average molecular weight is 596 g/mol. The summed E-state index contributed by atoms with van der Waals surface area (Å²) in [7, 11) is 2.06. The number of aromatic nitrogens is 3. The fourth-order valence-electron chi connectivity index (χ4n) is 6.36. The topological polar surface area (TPSA) is 99.3 Å². The van der Waals surface area contributed by atoms with E-state index < -0.39 is 17.8 Å². The molecule has 2 fully saturated rings. The maximum absolute atomic E-state index is 13.8. The van der Waals surface area contributed by atoms with Gasteiger partial charge in [-0.25, -0.2) is 11.0 Å². The first-order chi connectivity index (χ1) is 21.3. The number of likely N-dealkylation sites (N-methyl/N-ethyl adjacent to an activating group) is 1. The predicted molar refractivity (Wildman–Crippen MR) is 167 cm³/mol. The first kappa shape index (κ1) is 29.3. The SMILES string of the molecule is [C-]#[N+]C[C@H]1CN(c2nc(OC[C@@H]3CCCN3C)nc3c(O)c(-c4cccc5cccc(C)c45)ncc23)CCN1C(=O)C(=C)F. The molecule has 6 rings (SSSR count). The van der Waals surface area contributed by atoms with Crippen LogP contribution in [0.25, 0.3) is 37.8 Å². The summed E-state index contributed by atoms with van der Waals surface area (Å²) in [6, 6.07) is 11.7. The van der Waals surface area contributed by atoms with Crippen LogP contribution in [0.3, 0.4) is 0 Å². The first-order valence-electron chi connectivity index (χ1n) is 14.7. The Balaban J connectivity index is 1.45. The Bertz CT molecular complexity index is 1800. The molecule has 0 radical (unpaired) electrons. The highest BCUT2D eigenvalue weighted by Crippen LogP contribution is 2.40. The van der Waals surface area contributed by atoms with Crippen molar-refractivity contribution in [1.82, 2.24) is 24.8 Å². The van der Waals surface area contributed by atoms with Crippen molar-refractivity contribution in [1.29, 1.82) is 0 Å². The van der Waals surface area contributed by atoms with Crippen LogP contribution in [0, 0.1) is 13.5 Å². The van der Waals surface area contributed by atoms with Gasteiger partial charge in [0.25, 0.3) is 5.91 Å². The Morgan fingerprint density at radius 1 is 1.18 bits per heavy atom. The van der Waals surface area contributed by atoms with Gasteiger partial charge in [0.15, 0.2) is 11.6 Å². The molecule has 2 aromatic heterocycles. The van der Waals surface area contributed by atoms with E-state index in [1.165, 1.54) is 4.90 Å². The van der Waals surface area contributed by atoms with E-state index in [0.29, 0.717) is 30.0 Å². The van der Waals surface area contributed by atoms with E-state index in [0.717, 1.165) is 41.3 Å². The minimum atomic E-state index is -1.06. The molecule has 44 heavy (non-hydrogen) atoms. The van der Waals surface area contributed by atoms with Gasteiger partial charge in [-0.1, -0.05) is 43.0 Å². The number of halogens is 1. The van der Waals surface area contributed by atoms with E-state index in [1.807, 2.05) is 48.2 Å². The number of likely N-dealkylation sites (tertiary alicyclic amines) is 1. The van der Waals surface area contributed by atoms with Crippen LogP contribution in [-0.4, -0.2) is 94.2 Å². The standard InChI is InChI=1S/C33H34FN7O3/c1-20-8-5-9-22-10-6-12-25(27(20)22)28-30(42)29-26(17-36-28)31(38-33(37-29)44-19-23-11-7-13-39(23)4)40-14-15-41(32(43)21(2)34)24(18-40)16-35-3/h5-6,8-10,12,17,23-24,42H,2,7,11,13-16,18-19H2,1,4H3/t23-,24-/m0/s1. The van der Waals surface area contributed by atoms with Crippen LogP contribution in [-0.2, 0) is 4.79 Å². The lowest BCUT2D eigenvalue weighted by Crippen LogP contribution is -2.56. The third-order valence-electron chi connectivity index (χ3n) is 8.70. The van der Waals surface area contributed by atoms with Crippen molar-refractivity contribution < 1.29 is 19.0 Å². The van der Waals surface area contributed by atoms with Crippen molar-refractivity contribution >= 4 is 33.4 Å². The van der Waals surface area contributed by atoms with Crippen molar-refractivity contribution in [2.24, 2.45) is 0 Å². The van der Waals surface area contributed by atoms with Crippen molar-refractivity contribution in [3.05, 3.63) is 72.0 Å². The Morgan fingerprint density at radius 2 is 1.98 bits per heavy atom. The molecule has 2 saturated heterocycles. The van der Waals surface area contributed by atoms with Gasteiger partial charge >= 0.3 is 6.01 Å². The van der Waals surface area contributed by atoms with Gasteiger partial charge in [0, 0.05) is 37.4 Å². The largest absolute Gasteiger partial charge is 0.504 e. The number of ether oxygens (including phenoxy) is 1. The number of pyridine rings is 1. The van der Waals surface area contributed by atoms with Gasteiger partial charge in [0.1, 0.15) is 29.7 Å². The molecule has 2 aliphatic rings. The number of benzene rings is 2. The summed E-state index contributed by atoms with van der Waals surface area (Å²) < 4.78 is 20.0. The van der Waals surface area contributed by atoms with Crippen LogP contribution >= 0.6 is 0 Å². The molecule has 0 bridgehead atoms. The molecule has 4 aromatic rings. The molecule has 10 nitrogen and oxygen atoms in total. The van der Waals surface area contributed by atoms with Crippen LogP contribution < -0.4 is 9.64 Å². The van der Waals surface area contributed by atoms with E-state index in [-0.39, 0.29) is 43.0 Å². The number of rotatable bonds is 7. The summed E-state index contributed by atoms with van der Waals surface area (Å²) in [5.41, 5.74) is 2.52. The Labute approximate surface area is 255 Å². The van der Waals surface area contributed by atoms with Crippen LogP contribution in [0.15, 0.2) is 55.0 Å². The second-order valence-corrected chi connectivity index (χ2v) is 11.5. The van der Waals surface area contributed by atoms with E-state index >= 15 is 0 Å². The fourth-order valence-corrected chi connectivity index (χ4v) is 6.36. The molecule has 11 heteroatoms. The zero-order valence-corrected chi connectivity index (χ0v) is 24.8. The molecule has 0 spiro atoms. The summed E-state index contributed by atoms with van der Waals surface area (Å²) in [4.78, 5) is 35.7. The van der Waals surface area contributed by atoms with Gasteiger partial charge in [-0.3, -0.25) is 9.78 Å². The van der Waals surface area contributed by atoms with Gasteiger partial charge in [0.2, 0.25) is 6.54 Å². The predicted octanol–water partition coefficient (Wildman–Crippen LogP) is 4.75. The first-order valence-corrected chi connectivity index (χ1v) is 14.7. The van der Waals surface area contributed by atoms with E-state index in [1.54, 1.807) is 6.20 Å². The molecule has 2 aromatic carbocycles. The van der Waals surface area contributed by atoms with Crippen LogP contribution in [0.4, 0.5) is 10.2 Å². The number of aryl methyl sites for hydroxylation is 1. The van der Waals surface area contributed by atoms with Crippen LogP contribution in [0.2, 0.25) is 0 Å². The highest BCUT2D eigenvalue weighted by molar-refractivity contribution is 6.03. The molecular weight excluding hydrogens is 561 g/mol. The maximum atomic E-state index is 13.8. The highest BCUT2D eigenvalue weighted by atomic mass is 19.1. The van der Waals surface area contributed by atoms with Gasteiger partial charge in [-0.15, -0.1) is 0 Å². The zero-order valence-electron chi connectivity index (χ0n) is 24.8. The van der Waals surface area contributed by atoms with Crippen molar-refractivity contribution in [3.63, 3.8) is 0 Å². The van der Waals surface area contributed by atoms with E-state index in [2.05, 4.69) is 28.4 Å².